The molecule has 0 spiro atoms. The van der Waals surface area contributed by atoms with Crippen molar-refractivity contribution in [2.75, 3.05) is 0 Å². The van der Waals surface area contributed by atoms with Gasteiger partial charge < -0.3 is 0 Å². The van der Waals surface area contributed by atoms with E-state index in [0.29, 0.717) is 0 Å². The molecular formula is C77H61Cl3P7+. The summed E-state index contributed by atoms with van der Waals surface area (Å²) >= 11 is 29.8. The molecule has 3 atom stereocenters. The second-order valence-electron chi connectivity index (χ2n) is 21.6. The average molecular weight is 1310 g/mol. The lowest BCUT2D eigenvalue weighted by Gasteiger charge is -2.64. The topological polar surface area (TPSA) is 0 Å². The van der Waals surface area contributed by atoms with E-state index >= 15 is 0 Å². The average Bonchev–Trinajstić information content (AvgIpc) is 0.641. The summed E-state index contributed by atoms with van der Waals surface area (Å²) in [7, 11) is -9.04. The van der Waals surface area contributed by atoms with E-state index in [4.69, 9.17) is 0 Å². The Balaban J connectivity index is 1.45. The molecule has 3 fully saturated rings. The van der Waals surface area contributed by atoms with Crippen molar-refractivity contribution in [2.45, 2.75) is 10.0 Å². The molecule has 3 aliphatic heterocycles. The van der Waals surface area contributed by atoms with E-state index in [1.807, 2.05) is 0 Å². The van der Waals surface area contributed by atoms with Gasteiger partial charge in [0.1, 0.15) is 28.6 Å². The highest BCUT2D eigenvalue weighted by molar-refractivity contribution is 8.54. The minimum absolute atomic E-state index is 0.709. The summed E-state index contributed by atoms with van der Waals surface area (Å²) in [5.74, 6) is 0. The van der Waals surface area contributed by atoms with Gasteiger partial charge in [-0.15, -0.1) is 11.6 Å². The van der Waals surface area contributed by atoms with Crippen molar-refractivity contribution >= 4 is 163 Å². The SMILES string of the molecule is ClC1C(=P(c2ccccc2)(c2ccccc2)c2ccccc2)P2C(=P(c3ccccc3)(c3ccccc3)c3ccccc3)P(Cl)C1([P+](c1ccccc1)(c1ccccc1)c1ccccc1)P(Cl)C2=P(c1ccccc1)(c1ccccc1)c1ccccc1. The van der Waals surface area contributed by atoms with Crippen LogP contribution in [0.4, 0.5) is 0 Å². The Morgan fingerprint density at radius 2 is 0.425 bits per heavy atom. The van der Waals surface area contributed by atoms with E-state index in [1.165, 1.54) is 78.2 Å². The first-order valence-corrected chi connectivity index (χ1v) is 42.6. The van der Waals surface area contributed by atoms with Crippen LogP contribution in [0, 0.1) is 0 Å². The Kier molecular flexibility index (Phi) is 17.0. The van der Waals surface area contributed by atoms with E-state index < -0.39 is 60.4 Å². The van der Waals surface area contributed by atoms with Crippen LogP contribution in [-0.4, -0.2) is 24.6 Å². The Bertz CT molecular complexity index is 3730. The van der Waals surface area contributed by atoms with Crippen molar-refractivity contribution < 1.29 is 0 Å². The fraction of sp³-hybridized carbons (Fsp3) is 0.0260. The van der Waals surface area contributed by atoms with Crippen molar-refractivity contribution in [3.8, 4) is 0 Å². The van der Waals surface area contributed by atoms with Crippen LogP contribution in [0.1, 0.15) is 0 Å². The Hall–Kier alpha value is -5.87. The lowest BCUT2D eigenvalue weighted by Crippen LogP contribution is -2.59. The summed E-state index contributed by atoms with van der Waals surface area (Å²) in [5, 5.41) is 15.6. The van der Waals surface area contributed by atoms with Crippen LogP contribution in [0.5, 0.6) is 0 Å². The molecule has 0 radical (unpaired) electrons. The van der Waals surface area contributed by atoms with Crippen LogP contribution < -0.4 is 63.7 Å². The molecule has 87 heavy (non-hydrogen) atoms. The van der Waals surface area contributed by atoms with E-state index in [0.717, 1.165) is 0 Å². The second-order valence-corrected chi connectivity index (χ2v) is 46.7. The highest BCUT2D eigenvalue weighted by Gasteiger charge is 2.82. The van der Waals surface area contributed by atoms with Crippen molar-refractivity contribution in [3.63, 3.8) is 0 Å². The lowest BCUT2D eigenvalue weighted by atomic mass is 10.3. The van der Waals surface area contributed by atoms with Crippen LogP contribution >= 0.6 is 84.5 Å². The number of rotatable bonds is 13. The van der Waals surface area contributed by atoms with Crippen molar-refractivity contribution in [3.05, 3.63) is 364 Å². The molecule has 0 aliphatic carbocycles. The maximum absolute atomic E-state index is 9.95. The highest BCUT2D eigenvalue weighted by Crippen LogP contribution is 3.03. The minimum atomic E-state index is -3.37. The van der Waals surface area contributed by atoms with Gasteiger partial charge in [0, 0.05) is 9.55 Å². The number of alkyl halides is 1. The number of halogens is 3. The molecule has 0 aromatic heterocycles. The maximum atomic E-state index is 9.95. The summed E-state index contributed by atoms with van der Waals surface area (Å²) in [4.78, 5) is 0. The summed E-state index contributed by atoms with van der Waals surface area (Å²) in [6.45, 7) is -9.57. The van der Waals surface area contributed by atoms with E-state index in [9.17, 15) is 34.1 Å². The monoisotopic (exact) mass is 1310 g/mol. The van der Waals surface area contributed by atoms with Gasteiger partial charge in [0.2, 0.25) is 0 Å². The number of hydrogen-bond donors (Lipinski definition) is 0. The molecule has 424 valence electrons. The number of benzene rings is 12. The van der Waals surface area contributed by atoms with Crippen LogP contribution in [-0.2, 0) is 0 Å². The van der Waals surface area contributed by atoms with E-state index in [1.54, 1.807) is 0 Å². The van der Waals surface area contributed by atoms with Gasteiger partial charge in [-0.1, -0.05) is 350 Å². The molecular weight excluding hydrogens is 1250 g/mol. The molecule has 15 rings (SSSR count). The predicted octanol–water partition coefficient (Wildman–Crippen LogP) is 17.3. The fourth-order valence-corrected chi connectivity index (χ4v) is 69.0. The van der Waals surface area contributed by atoms with E-state index in [-0.39, 0.29) is 0 Å². The first kappa shape index (κ1) is 58.8. The first-order chi connectivity index (χ1) is 43.0. The second kappa shape index (κ2) is 25.2. The smallest absolute Gasteiger partial charge is 0.112 e. The Labute approximate surface area is 532 Å². The standard InChI is InChI=1S/C77H61Cl3P7/c78-73-74(84(61-37-13-1-14-38-61,62-39-15-2-16-40-62)63-41-17-3-18-42-63)81-75(85(64-43-19-4-20-44-64,65-45-21-5-22-46-65)66-47-23-6-24-48-66)82(79)77(73,87(70-55-31-10-32-56-70,71-57-33-11-34-58-71)72-59-35-12-36-60-72)83(80)76(81)86(67-49-25-7-26-50-67,68-51-27-8-28-52-68)69-53-29-9-30-54-69/h1-60,73H/q+1. The van der Waals surface area contributed by atoms with Gasteiger partial charge >= 0.3 is 0 Å². The molecule has 3 saturated heterocycles. The summed E-state index contributed by atoms with van der Waals surface area (Å²) < 4.78 is 1.68. The zero-order valence-electron chi connectivity index (χ0n) is 47.5. The van der Waals surface area contributed by atoms with Gasteiger partial charge in [-0.2, -0.15) is 0 Å². The van der Waals surface area contributed by atoms with Gasteiger partial charge in [0.05, 0.1) is 14.5 Å². The zero-order valence-corrected chi connectivity index (χ0v) is 56.0. The third kappa shape index (κ3) is 9.16. The third-order valence-corrected chi connectivity index (χ3v) is 58.3. The van der Waals surface area contributed by atoms with Crippen molar-refractivity contribution in [2.24, 2.45) is 0 Å². The third-order valence-electron chi connectivity index (χ3n) is 17.3. The Morgan fingerprint density at radius 1 is 0.253 bits per heavy atom. The zero-order chi connectivity index (χ0) is 58.9. The van der Waals surface area contributed by atoms with E-state index in [2.05, 4.69) is 364 Å². The molecule has 12 aromatic carbocycles. The summed E-state index contributed by atoms with van der Waals surface area (Å²) in [5.41, 5.74) is 0. The van der Waals surface area contributed by atoms with Crippen LogP contribution in [0.25, 0.3) is 0 Å². The largest absolute Gasteiger partial charge is 0.186 e. The molecule has 0 nitrogen and oxygen atoms in total. The first-order valence-electron chi connectivity index (χ1n) is 29.2. The quantitative estimate of drug-likeness (QED) is 0.0797. The predicted molar refractivity (Wildman–Crippen MR) is 400 cm³/mol. The molecule has 0 amide bonds. The van der Waals surface area contributed by atoms with Crippen molar-refractivity contribution in [1.82, 2.24) is 0 Å². The summed E-state index contributed by atoms with van der Waals surface area (Å²) in [6, 6.07) is 138. The molecule has 0 N–H and O–H groups in total. The van der Waals surface area contributed by atoms with Crippen molar-refractivity contribution in [1.29, 1.82) is 0 Å². The lowest BCUT2D eigenvalue weighted by molar-refractivity contribution is 1.17. The molecule has 2 bridgehead atoms. The summed E-state index contributed by atoms with van der Waals surface area (Å²) in [6.07, 6.45) is 0. The normalized spacial score (nSPS) is 18.7. The molecule has 12 aromatic rings. The minimum Gasteiger partial charge on any atom is -0.112 e. The Morgan fingerprint density at radius 3 is 0.621 bits per heavy atom. The maximum Gasteiger partial charge on any atom is 0.186 e. The van der Waals surface area contributed by atoms with Crippen LogP contribution in [0.2, 0.25) is 0 Å². The van der Waals surface area contributed by atoms with Crippen LogP contribution in [0.15, 0.2) is 364 Å². The van der Waals surface area contributed by atoms with Gasteiger partial charge in [-0.25, -0.2) is 0 Å². The molecule has 3 aliphatic rings. The van der Waals surface area contributed by atoms with Crippen LogP contribution in [0.3, 0.4) is 0 Å². The van der Waals surface area contributed by atoms with Gasteiger partial charge in [-0.05, 0) is 118 Å². The molecule has 10 heteroatoms. The van der Waals surface area contributed by atoms with Gasteiger partial charge in [0.25, 0.3) is 0 Å². The number of fused-ring (bicyclic) bond motifs is 3. The highest BCUT2D eigenvalue weighted by atomic mass is 35.7. The molecule has 3 heterocycles. The molecule has 3 unspecified atom stereocenters. The molecule has 0 saturated carbocycles. The fourth-order valence-electron chi connectivity index (χ4n) is 13.9. The van der Waals surface area contributed by atoms with Gasteiger partial charge in [0.15, 0.2) is 4.64 Å². The number of hydrogen-bond acceptors (Lipinski definition) is 0. The van der Waals surface area contributed by atoms with Gasteiger partial charge in [-0.3, -0.25) is 0 Å².